The molecule has 0 spiro atoms. The van der Waals surface area contributed by atoms with Gasteiger partial charge in [-0.3, -0.25) is 14.4 Å². The topological polar surface area (TPSA) is 100 Å². The highest BCUT2D eigenvalue weighted by Crippen LogP contribution is 2.19. The molecule has 7 nitrogen and oxygen atoms in total. The molecule has 3 aromatic rings. The Morgan fingerprint density at radius 3 is 2.06 bits per heavy atom. The SMILES string of the molecule is CC(C)CC(=O)NC(C(=O)Nc1ccc(NC(=O)c2ccco2)cc1)c1ccccc1. The number of carbonyl (C=O) groups excluding carboxylic acids is 3. The van der Waals surface area contributed by atoms with Gasteiger partial charge in [0.1, 0.15) is 6.04 Å². The molecule has 3 rings (SSSR count). The molecule has 2 aromatic carbocycles. The van der Waals surface area contributed by atoms with Crippen molar-refractivity contribution >= 4 is 29.1 Å². The zero-order valence-electron chi connectivity index (χ0n) is 17.4. The zero-order chi connectivity index (χ0) is 22.2. The standard InChI is InChI=1S/C24H25N3O4/c1-16(2)15-21(28)27-22(17-7-4-3-5-8-17)24(30)26-19-12-10-18(11-13-19)25-23(29)20-9-6-14-31-20/h3-14,16,22H,15H2,1-2H3,(H,25,29)(H,26,30)(H,27,28). The zero-order valence-corrected chi connectivity index (χ0v) is 17.4. The van der Waals surface area contributed by atoms with Crippen molar-refractivity contribution in [2.75, 3.05) is 10.6 Å². The Morgan fingerprint density at radius 1 is 0.839 bits per heavy atom. The number of nitrogens with one attached hydrogen (secondary N) is 3. The molecule has 0 saturated heterocycles. The van der Waals surface area contributed by atoms with Gasteiger partial charge in [-0.15, -0.1) is 0 Å². The minimum atomic E-state index is -0.814. The van der Waals surface area contributed by atoms with Crippen LogP contribution in [-0.2, 0) is 9.59 Å². The quantitative estimate of drug-likeness (QED) is 0.505. The third kappa shape index (κ3) is 6.30. The summed E-state index contributed by atoms with van der Waals surface area (Å²) in [6.07, 6.45) is 1.76. The average molecular weight is 419 g/mol. The summed E-state index contributed by atoms with van der Waals surface area (Å²) in [6.45, 7) is 3.90. The molecule has 31 heavy (non-hydrogen) atoms. The fourth-order valence-corrected chi connectivity index (χ4v) is 2.99. The van der Waals surface area contributed by atoms with Crippen molar-refractivity contribution in [3.05, 3.63) is 84.3 Å². The maximum Gasteiger partial charge on any atom is 0.291 e. The molecule has 3 N–H and O–H groups in total. The highest BCUT2D eigenvalue weighted by Gasteiger charge is 2.23. The second kappa shape index (κ2) is 10.2. The van der Waals surface area contributed by atoms with Crippen LogP contribution in [0, 0.1) is 5.92 Å². The monoisotopic (exact) mass is 419 g/mol. The minimum absolute atomic E-state index is 0.184. The second-order valence-electron chi connectivity index (χ2n) is 7.51. The summed E-state index contributed by atoms with van der Waals surface area (Å²) < 4.78 is 5.06. The summed E-state index contributed by atoms with van der Waals surface area (Å²) in [6, 6.07) is 18.2. The van der Waals surface area contributed by atoms with E-state index in [1.54, 1.807) is 48.5 Å². The largest absolute Gasteiger partial charge is 0.459 e. The van der Waals surface area contributed by atoms with E-state index in [1.807, 2.05) is 32.0 Å². The molecule has 1 aromatic heterocycles. The van der Waals surface area contributed by atoms with E-state index in [2.05, 4.69) is 16.0 Å². The molecule has 1 heterocycles. The molecule has 0 saturated carbocycles. The van der Waals surface area contributed by atoms with Crippen LogP contribution in [0.15, 0.2) is 77.4 Å². The number of hydrogen-bond donors (Lipinski definition) is 3. The normalized spacial score (nSPS) is 11.6. The van der Waals surface area contributed by atoms with Gasteiger partial charge in [0.2, 0.25) is 5.91 Å². The van der Waals surface area contributed by atoms with Crippen LogP contribution in [0.5, 0.6) is 0 Å². The van der Waals surface area contributed by atoms with Gasteiger partial charge in [-0.2, -0.15) is 0 Å². The molecule has 1 atom stereocenters. The van der Waals surface area contributed by atoms with Gasteiger partial charge in [-0.05, 0) is 47.9 Å². The second-order valence-corrected chi connectivity index (χ2v) is 7.51. The molecular weight excluding hydrogens is 394 g/mol. The van der Waals surface area contributed by atoms with E-state index < -0.39 is 6.04 Å². The van der Waals surface area contributed by atoms with Crippen LogP contribution in [0.3, 0.4) is 0 Å². The van der Waals surface area contributed by atoms with Gasteiger partial charge in [0.25, 0.3) is 11.8 Å². The van der Waals surface area contributed by atoms with Crippen LogP contribution >= 0.6 is 0 Å². The Morgan fingerprint density at radius 2 is 1.48 bits per heavy atom. The molecular formula is C24H25N3O4. The summed E-state index contributed by atoms with van der Waals surface area (Å²) in [5.41, 5.74) is 1.80. The highest BCUT2D eigenvalue weighted by atomic mass is 16.3. The number of rotatable bonds is 8. The van der Waals surface area contributed by atoms with Gasteiger partial charge in [0.15, 0.2) is 5.76 Å². The van der Waals surface area contributed by atoms with Gasteiger partial charge in [0.05, 0.1) is 6.26 Å². The van der Waals surface area contributed by atoms with Gasteiger partial charge in [-0.1, -0.05) is 44.2 Å². The maximum absolute atomic E-state index is 12.9. The molecule has 3 amide bonds. The molecule has 0 aliphatic rings. The van der Waals surface area contributed by atoms with Crippen LogP contribution in [0.1, 0.15) is 42.4 Å². The van der Waals surface area contributed by atoms with Crippen molar-refractivity contribution in [1.82, 2.24) is 5.32 Å². The number of anilines is 2. The van der Waals surface area contributed by atoms with E-state index in [9.17, 15) is 14.4 Å². The van der Waals surface area contributed by atoms with Crippen molar-refractivity contribution in [2.24, 2.45) is 5.92 Å². The lowest BCUT2D eigenvalue weighted by Crippen LogP contribution is -2.37. The van der Waals surface area contributed by atoms with Gasteiger partial charge < -0.3 is 20.4 Å². The molecule has 0 aliphatic carbocycles. The van der Waals surface area contributed by atoms with Crippen molar-refractivity contribution < 1.29 is 18.8 Å². The van der Waals surface area contributed by atoms with Crippen molar-refractivity contribution in [2.45, 2.75) is 26.3 Å². The first-order chi connectivity index (χ1) is 14.9. The summed E-state index contributed by atoms with van der Waals surface area (Å²) in [5, 5.41) is 8.36. The molecule has 160 valence electrons. The van der Waals surface area contributed by atoms with E-state index in [4.69, 9.17) is 4.42 Å². The summed E-state index contributed by atoms with van der Waals surface area (Å²) in [4.78, 5) is 37.3. The van der Waals surface area contributed by atoms with E-state index in [0.717, 1.165) is 0 Å². The van der Waals surface area contributed by atoms with Crippen LogP contribution < -0.4 is 16.0 Å². The predicted octanol–water partition coefficient (Wildman–Crippen LogP) is 4.37. The van der Waals surface area contributed by atoms with E-state index in [0.29, 0.717) is 23.4 Å². The van der Waals surface area contributed by atoms with Gasteiger partial charge in [-0.25, -0.2) is 0 Å². The third-order valence-corrected chi connectivity index (χ3v) is 4.45. The minimum Gasteiger partial charge on any atom is -0.459 e. The Balaban J connectivity index is 1.67. The Bertz CT molecular complexity index is 1010. The fourth-order valence-electron chi connectivity index (χ4n) is 2.99. The van der Waals surface area contributed by atoms with Crippen LogP contribution in [-0.4, -0.2) is 17.7 Å². The number of amides is 3. The number of hydrogen-bond acceptors (Lipinski definition) is 4. The maximum atomic E-state index is 12.9. The summed E-state index contributed by atoms with van der Waals surface area (Å²) in [5.74, 6) is -0.506. The summed E-state index contributed by atoms with van der Waals surface area (Å²) >= 11 is 0. The van der Waals surface area contributed by atoms with E-state index >= 15 is 0 Å². The Kier molecular flexibility index (Phi) is 7.22. The smallest absolute Gasteiger partial charge is 0.291 e. The molecule has 0 bridgehead atoms. The van der Waals surface area contributed by atoms with Gasteiger partial charge >= 0.3 is 0 Å². The lowest BCUT2D eigenvalue weighted by Gasteiger charge is -2.19. The Hall–Kier alpha value is -3.87. The number of benzene rings is 2. The molecule has 0 aliphatic heterocycles. The first-order valence-corrected chi connectivity index (χ1v) is 10.0. The third-order valence-electron chi connectivity index (χ3n) is 4.45. The number of carbonyl (C=O) groups is 3. The molecule has 0 fully saturated rings. The van der Waals surface area contributed by atoms with Crippen molar-refractivity contribution in [3.63, 3.8) is 0 Å². The van der Waals surface area contributed by atoms with Crippen molar-refractivity contribution in [3.8, 4) is 0 Å². The molecule has 1 unspecified atom stereocenters. The lowest BCUT2D eigenvalue weighted by molar-refractivity contribution is -0.127. The summed E-state index contributed by atoms with van der Waals surface area (Å²) in [7, 11) is 0. The highest BCUT2D eigenvalue weighted by molar-refractivity contribution is 6.02. The van der Waals surface area contributed by atoms with Crippen LogP contribution in [0.2, 0.25) is 0 Å². The van der Waals surface area contributed by atoms with E-state index in [-0.39, 0.29) is 29.4 Å². The van der Waals surface area contributed by atoms with Crippen molar-refractivity contribution in [1.29, 1.82) is 0 Å². The molecule has 0 radical (unpaired) electrons. The predicted molar refractivity (Wildman–Crippen MR) is 119 cm³/mol. The van der Waals surface area contributed by atoms with Crippen LogP contribution in [0.4, 0.5) is 11.4 Å². The lowest BCUT2D eigenvalue weighted by atomic mass is 10.0. The van der Waals surface area contributed by atoms with Gasteiger partial charge in [0, 0.05) is 17.8 Å². The molecule has 7 heteroatoms. The Labute approximate surface area is 180 Å². The van der Waals surface area contributed by atoms with E-state index in [1.165, 1.54) is 6.26 Å². The van der Waals surface area contributed by atoms with Crippen LogP contribution in [0.25, 0.3) is 0 Å². The fraction of sp³-hybridized carbons (Fsp3) is 0.208. The first kappa shape index (κ1) is 21.8. The first-order valence-electron chi connectivity index (χ1n) is 10.0. The average Bonchev–Trinajstić information content (AvgIpc) is 3.28. The number of furan rings is 1.